The summed E-state index contributed by atoms with van der Waals surface area (Å²) < 4.78 is 60.7. The van der Waals surface area contributed by atoms with Gasteiger partial charge in [0.2, 0.25) is 0 Å². The molecule has 0 aliphatic carbocycles. The maximum Gasteiger partial charge on any atom is 0.387 e. The number of hydrogen-bond donors (Lipinski definition) is 1. The van der Waals surface area contributed by atoms with Crippen LogP contribution in [0.4, 0.5) is 7.77 Å². The number of nitrogens with zero attached hydrogens (tertiary/aromatic N) is 1. The van der Waals surface area contributed by atoms with Crippen molar-refractivity contribution in [2.24, 2.45) is 5.92 Å². The van der Waals surface area contributed by atoms with Crippen LogP contribution in [-0.4, -0.2) is 48.0 Å². The highest BCUT2D eigenvalue weighted by atomic mass is 32.3. The molecule has 1 fully saturated rings. The highest BCUT2D eigenvalue weighted by Crippen LogP contribution is 2.21. The lowest BCUT2D eigenvalue weighted by Gasteiger charge is -2.28. The summed E-state index contributed by atoms with van der Waals surface area (Å²) in [6, 6.07) is 0. The molecule has 1 saturated heterocycles. The fourth-order valence-corrected chi connectivity index (χ4v) is 3.28. The molecule has 0 aromatic carbocycles. The summed E-state index contributed by atoms with van der Waals surface area (Å²) in [5.74, 6) is 0.969. The molecular formula is C9H21F2N2O4S2+. The van der Waals surface area contributed by atoms with Crippen molar-refractivity contribution in [1.82, 2.24) is 4.13 Å². The van der Waals surface area contributed by atoms with Crippen LogP contribution in [0.25, 0.3) is 0 Å². The summed E-state index contributed by atoms with van der Waals surface area (Å²) in [7, 11) is -8.59. The zero-order valence-electron chi connectivity index (χ0n) is 11.3. The number of quaternary nitrogens is 1. The maximum absolute atomic E-state index is 11.1. The largest absolute Gasteiger partial charge is 0.387 e. The molecule has 0 aromatic heterocycles. The van der Waals surface area contributed by atoms with E-state index in [4.69, 9.17) is 0 Å². The fraction of sp³-hybridized carbons (Fsp3) is 1.00. The average molecular weight is 323 g/mol. The van der Waals surface area contributed by atoms with Crippen molar-refractivity contribution in [1.29, 1.82) is 0 Å². The standard InChI is InChI=1S/C9H20N.F2HNO4S2/c1-4-6-10(3)7-5-9(2)8-10;1-8(4,5)3-9(2,6)7/h9H,4-8H2,1-3H3;3H/q+1;. The van der Waals surface area contributed by atoms with Gasteiger partial charge >= 0.3 is 20.8 Å². The molecule has 0 saturated carbocycles. The van der Waals surface area contributed by atoms with Crippen LogP contribution in [0.1, 0.15) is 26.7 Å². The van der Waals surface area contributed by atoms with Crippen LogP contribution in [0.3, 0.4) is 0 Å². The Balaban J connectivity index is 0.000000344. The molecule has 0 amide bonds. The molecule has 1 N–H and O–H groups in total. The molecule has 10 heteroatoms. The van der Waals surface area contributed by atoms with Gasteiger partial charge in [-0.15, -0.1) is 0 Å². The van der Waals surface area contributed by atoms with E-state index in [-0.39, 0.29) is 4.13 Å². The summed E-state index contributed by atoms with van der Waals surface area (Å²) in [6.07, 6.45) is 2.78. The second kappa shape index (κ2) is 6.91. The number of rotatable bonds is 4. The van der Waals surface area contributed by atoms with Crippen LogP contribution in [0, 0.1) is 5.92 Å². The predicted molar refractivity (Wildman–Crippen MR) is 68.0 cm³/mol. The van der Waals surface area contributed by atoms with Crippen molar-refractivity contribution in [3.05, 3.63) is 0 Å². The maximum atomic E-state index is 11.1. The topological polar surface area (TPSA) is 80.3 Å². The van der Waals surface area contributed by atoms with Crippen LogP contribution < -0.4 is 4.13 Å². The highest BCUT2D eigenvalue weighted by molar-refractivity contribution is 7.99. The lowest BCUT2D eigenvalue weighted by Crippen LogP contribution is -2.41. The second-order valence-electron chi connectivity index (χ2n) is 5.10. The van der Waals surface area contributed by atoms with Crippen molar-refractivity contribution < 1.29 is 29.1 Å². The third kappa shape index (κ3) is 10.2. The normalized spacial score (nSPS) is 27.7. The first kappa shape index (κ1) is 18.7. The summed E-state index contributed by atoms with van der Waals surface area (Å²) in [5, 5.41) is 0. The van der Waals surface area contributed by atoms with E-state index in [0.717, 1.165) is 5.92 Å². The smallest absolute Gasteiger partial charge is 0.326 e. The number of likely N-dealkylation sites (tertiary alicyclic amines) is 1. The molecule has 0 radical (unpaired) electrons. The van der Waals surface area contributed by atoms with Gasteiger partial charge in [0.25, 0.3) is 0 Å². The average Bonchev–Trinajstić information content (AvgIpc) is 2.40. The van der Waals surface area contributed by atoms with Gasteiger partial charge in [-0.05, 0) is 6.42 Å². The SMILES string of the molecule is CCC[N+]1(C)CCC(C)C1.O=S(=O)(F)NS(=O)(=O)F. The third-order valence-corrected chi connectivity index (χ3v) is 4.47. The molecule has 2 atom stereocenters. The summed E-state index contributed by atoms with van der Waals surface area (Å²) in [4.78, 5) is 0. The van der Waals surface area contributed by atoms with Gasteiger partial charge in [-0.3, -0.25) is 0 Å². The Morgan fingerprint density at radius 2 is 1.68 bits per heavy atom. The molecule has 1 aliphatic rings. The Morgan fingerprint density at radius 3 is 1.89 bits per heavy atom. The Morgan fingerprint density at radius 1 is 1.21 bits per heavy atom. The van der Waals surface area contributed by atoms with Crippen LogP contribution in [0.2, 0.25) is 0 Å². The Hall–Kier alpha value is -0.320. The first-order valence-corrected chi connectivity index (χ1v) is 8.65. The van der Waals surface area contributed by atoms with Crippen LogP contribution in [-0.2, 0) is 20.8 Å². The molecule has 1 heterocycles. The van der Waals surface area contributed by atoms with Crippen molar-refractivity contribution >= 4 is 20.8 Å². The minimum absolute atomic E-state index is 0.0694. The molecule has 1 aliphatic heterocycles. The first-order chi connectivity index (χ1) is 8.37. The molecular weight excluding hydrogens is 302 g/mol. The van der Waals surface area contributed by atoms with Crippen LogP contribution in [0.5, 0.6) is 0 Å². The van der Waals surface area contributed by atoms with Gasteiger partial charge in [0.1, 0.15) is 0 Å². The monoisotopic (exact) mass is 323 g/mol. The zero-order chi connectivity index (χ0) is 15.3. The molecule has 1 rings (SSSR count). The highest BCUT2D eigenvalue weighted by Gasteiger charge is 2.30. The molecule has 19 heavy (non-hydrogen) atoms. The Labute approximate surface area is 114 Å². The van der Waals surface area contributed by atoms with Crippen molar-refractivity contribution in [2.75, 3.05) is 26.7 Å². The summed E-state index contributed by atoms with van der Waals surface area (Å²) >= 11 is 0. The van der Waals surface area contributed by atoms with E-state index in [1.165, 1.54) is 37.0 Å². The van der Waals surface area contributed by atoms with Gasteiger partial charge in [0, 0.05) is 12.3 Å². The van der Waals surface area contributed by atoms with Gasteiger partial charge < -0.3 is 4.48 Å². The van der Waals surface area contributed by atoms with Gasteiger partial charge in [-0.1, -0.05) is 25.7 Å². The van der Waals surface area contributed by atoms with E-state index in [1.54, 1.807) is 0 Å². The van der Waals surface area contributed by atoms with E-state index in [9.17, 15) is 24.6 Å². The van der Waals surface area contributed by atoms with Gasteiger partial charge in [0.15, 0.2) is 0 Å². The van der Waals surface area contributed by atoms with Gasteiger partial charge in [-0.2, -0.15) is 16.8 Å². The first-order valence-electron chi connectivity index (χ1n) is 5.88. The summed E-state index contributed by atoms with van der Waals surface area (Å²) in [5.41, 5.74) is 0. The quantitative estimate of drug-likeness (QED) is 0.615. The summed E-state index contributed by atoms with van der Waals surface area (Å²) in [6.45, 7) is 8.86. The van der Waals surface area contributed by atoms with Crippen molar-refractivity contribution in [3.8, 4) is 0 Å². The minimum atomic E-state index is -5.49. The zero-order valence-corrected chi connectivity index (χ0v) is 12.9. The molecule has 0 aromatic rings. The van der Waals surface area contributed by atoms with Crippen LogP contribution >= 0.6 is 0 Å². The number of halogens is 2. The van der Waals surface area contributed by atoms with Gasteiger partial charge in [0.05, 0.1) is 26.7 Å². The lowest BCUT2D eigenvalue weighted by atomic mass is 10.2. The molecule has 0 bridgehead atoms. The molecule has 6 nitrogen and oxygen atoms in total. The number of hydrogen-bond acceptors (Lipinski definition) is 4. The van der Waals surface area contributed by atoms with E-state index < -0.39 is 20.8 Å². The minimum Gasteiger partial charge on any atom is -0.326 e. The third-order valence-electron chi connectivity index (χ3n) is 2.88. The fourth-order valence-electron chi connectivity index (χ4n) is 2.33. The molecule has 0 spiro atoms. The second-order valence-corrected chi connectivity index (χ2v) is 7.52. The van der Waals surface area contributed by atoms with Crippen molar-refractivity contribution in [2.45, 2.75) is 26.7 Å². The molecule has 116 valence electrons. The van der Waals surface area contributed by atoms with E-state index in [2.05, 4.69) is 20.9 Å². The van der Waals surface area contributed by atoms with E-state index >= 15 is 0 Å². The number of nitrogens with one attached hydrogen (secondary N) is 1. The Bertz CT molecular complexity index is 446. The van der Waals surface area contributed by atoms with Crippen molar-refractivity contribution in [3.63, 3.8) is 0 Å². The predicted octanol–water partition coefficient (Wildman–Crippen LogP) is 0.887. The lowest BCUT2D eigenvalue weighted by molar-refractivity contribution is -0.899. The molecule has 2 unspecified atom stereocenters. The van der Waals surface area contributed by atoms with Gasteiger partial charge in [-0.25, -0.2) is 0 Å². The van der Waals surface area contributed by atoms with E-state index in [1.807, 2.05) is 0 Å². The Kier molecular flexibility index (Phi) is 6.79. The van der Waals surface area contributed by atoms with Crippen LogP contribution in [0.15, 0.2) is 0 Å². The van der Waals surface area contributed by atoms with E-state index in [0.29, 0.717) is 0 Å².